The fourth-order valence-corrected chi connectivity index (χ4v) is 4.35. The zero-order valence-corrected chi connectivity index (χ0v) is 17.5. The Kier molecular flexibility index (Phi) is 6.32. The molecule has 0 aliphatic heterocycles. The van der Waals surface area contributed by atoms with Crippen LogP contribution in [0.15, 0.2) is 45.9 Å². The van der Waals surface area contributed by atoms with Crippen LogP contribution in [0.4, 0.5) is 4.39 Å². The number of nitrogens with zero attached hydrogens (tertiary/aromatic N) is 4. The molecule has 11 heteroatoms. The number of benzene rings is 1. The molecule has 0 atom stereocenters. The Labute approximate surface area is 173 Å². The molecule has 0 N–H and O–H groups in total. The first-order valence-corrected chi connectivity index (χ1v) is 10.6. The number of rotatable bonds is 8. The number of halogens is 1. The zero-order valence-electron chi connectivity index (χ0n) is 16.7. The fraction of sp³-hybridized carbons (Fsp3) is 0.316. The molecule has 0 radical (unpaired) electrons. The third-order valence-electron chi connectivity index (χ3n) is 4.43. The van der Waals surface area contributed by atoms with Gasteiger partial charge in [0.1, 0.15) is 16.4 Å². The predicted molar refractivity (Wildman–Crippen MR) is 104 cm³/mol. The summed E-state index contributed by atoms with van der Waals surface area (Å²) in [5, 5.41) is 3.77. The predicted octanol–water partition coefficient (Wildman–Crippen LogP) is 2.60. The number of hydrogen-bond donors (Lipinski definition) is 0. The minimum Gasteiger partial charge on any atom is -0.451 e. The summed E-state index contributed by atoms with van der Waals surface area (Å²) in [5.41, 5.74) is 0.616. The van der Waals surface area contributed by atoms with Gasteiger partial charge in [0.15, 0.2) is 6.61 Å². The molecule has 160 valence electrons. The SMILES string of the molecule is CCN(CC)S(=O)(=O)c1cc(C(=O)OCc2nc(-c3ccc(F)cc3)no2)n(C)c1. The van der Waals surface area contributed by atoms with E-state index in [0.717, 1.165) is 0 Å². The summed E-state index contributed by atoms with van der Waals surface area (Å²) >= 11 is 0. The second-order valence-electron chi connectivity index (χ2n) is 6.36. The van der Waals surface area contributed by atoms with Gasteiger partial charge in [-0.2, -0.15) is 9.29 Å². The van der Waals surface area contributed by atoms with Gasteiger partial charge in [0.05, 0.1) is 0 Å². The van der Waals surface area contributed by atoms with E-state index in [-0.39, 0.29) is 34.7 Å². The van der Waals surface area contributed by atoms with Crippen LogP contribution in [0.3, 0.4) is 0 Å². The maximum absolute atomic E-state index is 13.0. The molecular formula is C19H21FN4O5S. The molecular weight excluding hydrogens is 415 g/mol. The molecule has 30 heavy (non-hydrogen) atoms. The van der Waals surface area contributed by atoms with Crippen molar-refractivity contribution in [3.05, 3.63) is 53.9 Å². The highest BCUT2D eigenvalue weighted by Gasteiger charge is 2.26. The van der Waals surface area contributed by atoms with E-state index >= 15 is 0 Å². The topological polar surface area (TPSA) is 108 Å². The fourth-order valence-electron chi connectivity index (χ4n) is 2.82. The molecule has 0 saturated carbocycles. The van der Waals surface area contributed by atoms with Gasteiger partial charge in [0.25, 0.3) is 5.89 Å². The van der Waals surface area contributed by atoms with Crippen molar-refractivity contribution < 1.29 is 26.9 Å². The van der Waals surface area contributed by atoms with E-state index in [2.05, 4.69) is 10.1 Å². The Hall–Kier alpha value is -3.05. The molecule has 0 aliphatic carbocycles. The van der Waals surface area contributed by atoms with Gasteiger partial charge in [-0.05, 0) is 30.3 Å². The summed E-state index contributed by atoms with van der Waals surface area (Å²) in [5.74, 6) is -0.846. The summed E-state index contributed by atoms with van der Waals surface area (Å²) in [4.78, 5) is 16.5. The van der Waals surface area contributed by atoms with E-state index in [1.807, 2.05) is 0 Å². The lowest BCUT2D eigenvalue weighted by molar-refractivity contribution is 0.0418. The van der Waals surface area contributed by atoms with Gasteiger partial charge in [-0.15, -0.1) is 0 Å². The van der Waals surface area contributed by atoms with Gasteiger partial charge in [-0.3, -0.25) is 0 Å². The summed E-state index contributed by atoms with van der Waals surface area (Å²) < 4.78 is 51.2. The van der Waals surface area contributed by atoms with Crippen LogP contribution < -0.4 is 0 Å². The third-order valence-corrected chi connectivity index (χ3v) is 6.44. The van der Waals surface area contributed by atoms with Crippen molar-refractivity contribution in [2.45, 2.75) is 25.3 Å². The second-order valence-corrected chi connectivity index (χ2v) is 8.29. The Morgan fingerprint density at radius 2 is 1.90 bits per heavy atom. The number of carbonyl (C=O) groups is 1. The van der Waals surface area contributed by atoms with Gasteiger partial charge in [-0.25, -0.2) is 17.6 Å². The van der Waals surface area contributed by atoms with Gasteiger partial charge in [0.2, 0.25) is 15.8 Å². The number of sulfonamides is 1. The summed E-state index contributed by atoms with van der Waals surface area (Å²) in [6, 6.07) is 6.80. The number of aromatic nitrogens is 3. The first-order valence-electron chi connectivity index (χ1n) is 9.18. The number of ether oxygens (including phenoxy) is 1. The lowest BCUT2D eigenvalue weighted by atomic mass is 10.2. The molecule has 3 rings (SSSR count). The third kappa shape index (κ3) is 4.41. The van der Waals surface area contributed by atoms with Crippen molar-refractivity contribution in [1.82, 2.24) is 19.0 Å². The summed E-state index contributed by atoms with van der Waals surface area (Å²) in [6.07, 6.45) is 1.36. The van der Waals surface area contributed by atoms with Crippen LogP contribution in [-0.2, 0) is 28.4 Å². The molecule has 9 nitrogen and oxygen atoms in total. The van der Waals surface area contributed by atoms with Crippen molar-refractivity contribution in [3.8, 4) is 11.4 Å². The quantitative estimate of drug-likeness (QED) is 0.500. The van der Waals surface area contributed by atoms with Gasteiger partial charge >= 0.3 is 5.97 Å². The van der Waals surface area contributed by atoms with E-state index in [9.17, 15) is 17.6 Å². The van der Waals surface area contributed by atoms with E-state index < -0.39 is 16.0 Å². The average Bonchev–Trinajstić information content (AvgIpc) is 3.34. The minimum absolute atomic E-state index is 0.0111. The largest absolute Gasteiger partial charge is 0.451 e. The molecule has 0 bridgehead atoms. The smallest absolute Gasteiger partial charge is 0.355 e. The van der Waals surface area contributed by atoms with Crippen molar-refractivity contribution in [3.63, 3.8) is 0 Å². The van der Waals surface area contributed by atoms with Crippen molar-refractivity contribution >= 4 is 16.0 Å². The Bertz CT molecular complexity index is 1130. The van der Waals surface area contributed by atoms with Gasteiger partial charge < -0.3 is 13.8 Å². The molecule has 1 aromatic carbocycles. The van der Waals surface area contributed by atoms with E-state index in [4.69, 9.17) is 9.26 Å². The number of esters is 1. The maximum atomic E-state index is 13.0. The highest BCUT2D eigenvalue weighted by molar-refractivity contribution is 7.89. The summed E-state index contributed by atoms with van der Waals surface area (Å²) in [7, 11) is -2.14. The Morgan fingerprint density at radius 1 is 1.23 bits per heavy atom. The van der Waals surface area contributed by atoms with Gasteiger partial charge in [0, 0.05) is 31.9 Å². The Balaban J connectivity index is 1.70. The monoisotopic (exact) mass is 436 g/mol. The minimum atomic E-state index is -3.70. The molecule has 0 spiro atoms. The van der Waals surface area contributed by atoms with Crippen LogP contribution in [0, 0.1) is 5.82 Å². The average molecular weight is 436 g/mol. The highest BCUT2D eigenvalue weighted by atomic mass is 32.2. The van der Waals surface area contributed by atoms with Crippen LogP contribution in [0.5, 0.6) is 0 Å². The van der Waals surface area contributed by atoms with Crippen LogP contribution in [-0.4, -0.2) is 46.5 Å². The second kappa shape index (κ2) is 8.76. The first-order chi connectivity index (χ1) is 14.3. The highest BCUT2D eigenvalue weighted by Crippen LogP contribution is 2.20. The van der Waals surface area contributed by atoms with Crippen molar-refractivity contribution in [2.75, 3.05) is 13.1 Å². The summed E-state index contributed by atoms with van der Waals surface area (Å²) in [6.45, 7) is 3.83. The number of carbonyl (C=O) groups excluding carboxylic acids is 1. The zero-order chi connectivity index (χ0) is 21.9. The van der Waals surface area contributed by atoms with Crippen LogP contribution in [0.2, 0.25) is 0 Å². The molecule has 0 aliphatic rings. The van der Waals surface area contributed by atoms with Gasteiger partial charge in [-0.1, -0.05) is 19.0 Å². The maximum Gasteiger partial charge on any atom is 0.355 e. The van der Waals surface area contributed by atoms with Crippen LogP contribution >= 0.6 is 0 Å². The lowest BCUT2D eigenvalue weighted by Gasteiger charge is -2.17. The van der Waals surface area contributed by atoms with E-state index in [0.29, 0.717) is 18.7 Å². The molecule has 2 aromatic heterocycles. The van der Waals surface area contributed by atoms with Crippen LogP contribution in [0.1, 0.15) is 30.2 Å². The molecule has 0 fully saturated rings. The van der Waals surface area contributed by atoms with Crippen LogP contribution in [0.25, 0.3) is 11.4 Å². The van der Waals surface area contributed by atoms with E-state index in [1.54, 1.807) is 20.9 Å². The van der Waals surface area contributed by atoms with E-state index in [1.165, 1.54) is 45.4 Å². The number of hydrogen-bond acceptors (Lipinski definition) is 7. The lowest BCUT2D eigenvalue weighted by Crippen LogP contribution is -2.30. The standard InChI is InChI=1S/C19H21FN4O5S/c1-4-24(5-2)30(26,27)15-10-16(23(3)11-15)19(25)28-12-17-21-18(22-29-17)13-6-8-14(20)9-7-13/h6-11H,4-5,12H2,1-3H3. The first kappa shape index (κ1) is 21.7. The molecule has 0 saturated heterocycles. The molecule has 3 aromatic rings. The molecule has 2 heterocycles. The normalized spacial score (nSPS) is 11.8. The Morgan fingerprint density at radius 3 is 2.53 bits per heavy atom. The molecule has 0 unspecified atom stereocenters. The van der Waals surface area contributed by atoms with Crippen molar-refractivity contribution in [1.29, 1.82) is 0 Å². The van der Waals surface area contributed by atoms with Crippen molar-refractivity contribution in [2.24, 2.45) is 7.05 Å². The molecule has 0 amide bonds. The number of aryl methyl sites for hydroxylation is 1.